The van der Waals surface area contributed by atoms with Gasteiger partial charge in [-0.05, 0) is 67.5 Å². The fourth-order valence-corrected chi connectivity index (χ4v) is 5.55. The predicted molar refractivity (Wildman–Crippen MR) is 190 cm³/mol. The summed E-state index contributed by atoms with van der Waals surface area (Å²) in [6.07, 6.45) is -1.37. The van der Waals surface area contributed by atoms with Crippen molar-refractivity contribution in [1.82, 2.24) is 24.5 Å². The molecule has 1 aromatic heterocycles. The van der Waals surface area contributed by atoms with Gasteiger partial charge in [-0.3, -0.25) is 19.4 Å². The lowest BCUT2D eigenvalue weighted by Crippen LogP contribution is -2.60. The number of ether oxygens (including phenoxy) is 4. The number of amides is 3. The van der Waals surface area contributed by atoms with Crippen molar-refractivity contribution in [2.75, 3.05) is 58.4 Å². The van der Waals surface area contributed by atoms with Gasteiger partial charge in [-0.15, -0.1) is 0 Å². The largest absolute Gasteiger partial charge is 0.467 e. The van der Waals surface area contributed by atoms with Crippen LogP contribution in [0.1, 0.15) is 60.6 Å². The minimum absolute atomic E-state index is 0.0158. The number of rotatable bonds is 6. The molecule has 2 atom stereocenters. The van der Waals surface area contributed by atoms with Crippen molar-refractivity contribution >= 4 is 41.6 Å². The Morgan fingerprint density at radius 2 is 1.25 bits per heavy atom. The molecule has 286 valence electrons. The average Bonchev–Trinajstić information content (AvgIpc) is 3.47. The number of aryl methyl sites for hydroxylation is 1. The number of carbonyl (C=O) groups is 6. The van der Waals surface area contributed by atoms with Crippen molar-refractivity contribution in [3.8, 4) is 5.69 Å². The van der Waals surface area contributed by atoms with Crippen LogP contribution in [0.15, 0.2) is 36.4 Å². The normalized spacial score (nSPS) is 17.7. The monoisotopic (exact) mass is 728 g/mol. The molecule has 4 rings (SSSR count). The van der Waals surface area contributed by atoms with E-state index in [9.17, 15) is 28.8 Å². The molecule has 0 saturated carbocycles. The Morgan fingerprint density at radius 3 is 1.73 bits per heavy atom. The Morgan fingerprint density at radius 1 is 0.750 bits per heavy atom. The number of piperazine rings is 2. The van der Waals surface area contributed by atoms with Crippen LogP contribution in [0.3, 0.4) is 0 Å². The SMILES string of the molecule is COC(=O)[C@@H]1CN(C(=O)CC(C)=O)CCN1C(=O)OC(C)(C)C.COC(=O)[C@@H]1CN(c2cc(C)nn2-c2ccccc2)CCN1C(=O)OC(C)(C)C. The third-order valence-corrected chi connectivity index (χ3v) is 7.85. The highest BCUT2D eigenvalue weighted by Gasteiger charge is 2.41. The Kier molecular flexibility index (Phi) is 13.8. The number of para-hydroxylation sites is 1. The predicted octanol–water partition coefficient (Wildman–Crippen LogP) is 3.37. The Labute approximate surface area is 304 Å². The zero-order chi connectivity index (χ0) is 39.0. The maximum Gasteiger partial charge on any atom is 0.411 e. The van der Waals surface area contributed by atoms with Crippen LogP contribution >= 0.6 is 0 Å². The van der Waals surface area contributed by atoms with Crippen molar-refractivity contribution in [3.05, 3.63) is 42.1 Å². The molecule has 52 heavy (non-hydrogen) atoms. The van der Waals surface area contributed by atoms with Gasteiger partial charge in [0.2, 0.25) is 5.91 Å². The number of carbonyl (C=O) groups excluding carboxylic acids is 6. The molecular formula is C36H52N6O10. The van der Waals surface area contributed by atoms with Gasteiger partial charge < -0.3 is 28.7 Å². The van der Waals surface area contributed by atoms with Gasteiger partial charge in [-0.2, -0.15) is 5.10 Å². The van der Waals surface area contributed by atoms with E-state index < -0.39 is 47.4 Å². The number of anilines is 1. The summed E-state index contributed by atoms with van der Waals surface area (Å²) < 4.78 is 22.3. The second-order valence-corrected chi connectivity index (χ2v) is 14.5. The maximum atomic E-state index is 12.6. The number of ketones is 1. The fraction of sp³-hybridized carbons (Fsp3) is 0.583. The summed E-state index contributed by atoms with van der Waals surface area (Å²) in [5.41, 5.74) is 0.463. The molecule has 3 heterocycles. The molecule has 3 amide bonds. The zero-order valence-electron chi connectivity index (χ0n) is 31.8. The highest BCUT2D eigenvalue weighted by molar-refractivity contribution is 5.97. The number of hydrogen-bond donors (Lipinski definition) is 0. The van der Waals surface area contributed by atoms with E-state index in [1.54, 1.807) is 41.5 Å². The van der Waals surface area contributed by atoms with Gasteiger partial charge in [0.15, 0.2) is 12.1 Å². The van der Waals surface area contributed by atoms with Gasteiger partial charge in [-0.1, -0.05) is 18.2 Å². The van der Waals surface area contributed by atoms with E-state index in [1.807, 2.05) is 48.0 Å². The molecule has 0 bridgehead atoms. The number of aromatic nitrogens is 2. The van der Waals surface area contributed by atoms with Crippen LogP contribution in [-0.4, -0.2) is 137 Å². The first-order chi connectivity index (χ1) is 24.2. The van der Waals surface area contributed by atoms with E-state index in [2.05, 4.69) is 10.00 Å². The molecule has 16 nitrogen and oxygen atoms in total. The highest BCUT2D eigenvalue weighted by atomic mass is 16.6. The first kappa shape index (κ1) is 41.3. The molecule has 0 aliphatic carbocycles. The van der Waals surface area contributed by atoms with E-state index in [4.69, 9.17) is 18.9 Å². The zero-order valence-corrected chi connectivity index (χ0v) is 31.8. The van der Waals surface area contributed by atoms with Crippen LogP contribution in [0.4, 0.5) is 15.4 Å². The van der Waals surface area contributed by atoms with Crippen molar-refractivity contribution in [2.45, 2.75) is 85.1 Å². The van der Waals surface area contributed by atoms with Crippen LogP contribution in [0.25, 0.3) is 5.69 Å². The molecule has 0 spiro atoms. The van der Waals surface area contributed by atoms with Crippen LogP contribution in [0.2, 0.25) is 0 Å². The van der Waals surface area contributed by atoms with Gasteiger partial charge in [0.05, 0.1) is 45.1 Å². The number of benzene rings is 1. The number of esters is 2. The molecule has 0 N–H and O–H groups in total. The van der Waals surface area contributed by atoms with Crippen molar-refractivity contribution in [3.63, 3.8) is 0 Å². The standard InChI is InChI=1S/C21H28N4O4.C15H24N2O6/c1-15-13-18(25(22-15)16-9-7-6-8-10-16)23-11-12-24(17(14-23)19(26)28-5)20(27)29-21(2,3)4;1-10(18)8-12(19)16-6-7-17(11(9-16)13(20)22-5)14(21)23-15(2,3)4/h6-10,13,17H,11-12,14H2,1-5H3;11H,6-9H2,1-5H3/t17-;11-/m00/s1. The molecular weight excluding hydrogens is 676 g/mol. The molecule has 2 aliphatic heterocycles. The van der Waals surface area contributed by atoms with E-state index in [0.717, 1.165) is 17.2 Å². The fourth-order valence-electron chi connectivity index (χ4n) is 5.55. The molecule has 2 fully saturated rings. The molecule has 0 unspecified atom stereocenters. The van der Waals surface area contributed by atoms with Crippen molar-refractivity contribution in [1.29, 1.82) is 0 Å². The maximum absolute atomic E-state index is 12.6. The lowest BCUT2D eigenvalue weighted by atomic mass is 10.1. The number of nitrogens with zero attached hydrogens (tertiary/aromatic N) is 6. The van der Waals surface area contributed by atoms with Crippen LogP contribution in [-0.2, 0) is 38.1 Å². The summed E-state index contributed by atoms with van der Waals surface area (Å²) in [6.45, 7) is 15.4. The quantitative estimate of drug-likeness (QED) is 0.242. The first-order valence-electron chi connectivity index (χ1n) is 17.0. The molecule has 0 radical (unpaired) electrons. The summed E-state index contributed by atoms with van der Waals surface area (Å²) in [5, 5.41) is 4.60. The number of methoxy groups -OCH3 is 2. The first-order valence-corrected chi connectivity index (χ1v) is 17.0. The van der Waals surface area contributed by atoms with Crippen molar-refractivity contribution < 1.29 is 47.7 Å². The van der Waals surface area contributed by atoms with Crippen LogP contribution in [0, 0.1) is 6.92 Å². The topological polar surface area (TPSA) is 170 Å². The van der Waals surface area contributed by atoms with E-state index in [1.165, 1.54) is 35.8 Å². The van der Waals surface area contributed by atoms with Gasteiger partial charge in [0.1, 0.15) is 22.8 Å². The summed E-state index contributed by atoms with van der Waals surface area (Å²) >= 11 is 0. The summed E-state index contributed by atoms with van der Waals surface area (Å²) in [4.78, 5) is 78.5. The smallest absolute Gasteiger partial charge is 0.411 e. The second kappa shape index (κ2) is 17.4. The minimum Gasteiger partial charge on any atom is -0.467 e. The van der Waals surface area contributed by atoms with Gasteiger partial charge in [0, 0.05) is 32.2 Å². The highest BCUT2D eigenvalue weighted by Crippen LogP contribution is 2.26. The van der Waals surface area contributed by atoms with Gasteiger partial charge in [0.25, 0.3) is 0 Å². The van der Waals surface area contributed by atoms with Crippen LogP contribution < -0.4 is 4.90 Å². The Bertz CT molecular complexity index is 1600. The molecule has 2 aliphatic rings. The summed E-state index contributed by atoms with van der Waals surface area (Å²) in [5.74, 6) is -0.847. The van der Waals surface area contributed by atoms with E-state index in [0.29, 0.717) is 19.6 Å². The van der Waals surface area contributed by atoms with Gasteiger partial charge >= 0.3 is 24.1 Å². The lowest BCUT2D eigenvalue weighted by Gasteiger charge is -2.40. The number of hydrogen-bond acceptors (Lipinski definition) is 12. The Hall–Kier alpha value is -5.15. The lowest BCUT2D eigenvalue weighted by molar-refractivity contribution is -0.151. The Balaban J connectivity index is 0.000000289. The summed E-state index contributed by atoms with van der Waals surface area (Å²) in [6, 6.07) is 10.1. The summed E-state index contributed by atoms with van der Waals surface area (Å²) in [7, 11) is 2.54. The second-order valence-electron chi connectivity index (χ2n) is 14.5. The molecule has 16 heteroatoms. The minimum atomic E-state index is -0.945. The molecule has 1 aromatic carbocycles. The van der Waals surface area contributed by atoms with E-state index in [-0.39, 0.29) is 37.7 Å². The molecule has 2 aromatic rings. The molecule has 2 saturated heterocycles. The van der Waals surface area contributed by atoms with E-state index >= 15 is 0 Å². The average molecular weight is 729 g/mol. The van der Waals surface area contributed by atoms with Crippen molar-refractivity contribution in [2.24, 2.45) is 0 Å². The van der Waals surface area contributed by atoms with Gasteiger partial charge in [-0.25, -0.2) is 23.9 Å². The third-order valence-electron chi connectivity index (χ3n) is 7.85. The third kappa shape index (κ3) is 11.4. The number of Topliss-reactive ketones (excluding diaryl/α,β-unsaturated/α-hetero) is 1. The van der Waals surface area contributed by atoms with Crippen LogP contribution in [0.5, 0.6) is 0 Å².